The second-order valence-corrected chi connectivity index (χ2v) is 7.66. The van der Waals surface area contributed by atoms with Crippen LogP contribution in [0.3, 0.4) is 0 Å². The summed E-state index contributed by atoms with van der Waals surface area (Å²) >= 11 is 0. The molecule has 1 unspecified atom stereocenters. The van der Waals surface area contributed by atoms with Crippen LogP contribution in [0.4, 0.5) is 5.82 Å². The molecule has 1 N–H and O–H groups in total. The lowest BCUT2D eigenvalue weighted by molar-refractivity contribution is 0.107. The first-order valence-electron chi connectivity index (χ1n) is 9.72. The van der Waals surface area contributed by atoms with E-state index in [0.717, 1.165) is 35.8 Å². The van der Waals surface area contributed by atoms with Crippen molar-refractivity contribution >= 4 is 16.9 Å². The number of H-pyrrole nitrogens is 1. The van der Waals surface area contributed by atoms with Crippen molar-refractivity contribution in [1.82, 2.24) is 24.8 Å². The Bertz CT molecular complexity index is 716. The van der Waals surface area contributed by atoms with Crippen LogP contribution in [0.15, 0.2) is 12.3 Å². The number of anilines is 1. The Balaban J connectivity index is 1.52. The van der Waals surface area contributed by atoms with Gasteiger partial charge in [0.1, 0.15) is 17.3 Å². The van der Waals surface area contributed by atoms with E-state index < -0.39 is 0 Å². The van der Waals surface area contributed by atoms with Gasteiger partial charge in [0.25, 0.3) is 0 Å². The zero-order chi connectivity index (χ0) is 17.4. The van der Waals surface area contributed by atoms with Gasteiger partial charge in [0, 0.05) is 57.4 Å². The topological polar surface area (TPSA) is 51.3 Å². The van der Waals surface area contributed by atoms with Crippen molar-refractivity contribution in [2.24, 2.45) is 0 Å². The Hall–Kier alpha value is -1.66. The fourth-order valence-electron chi connectivity index (χ4n) is 4.12. The number of piperazine rings is 1. The van der Waals surface area contributed by atoms with Crippen LogP contribution in [0.2, 0.25) is 0 Å². The van der Waals surface area contributed by atoms with Crippen molar-refractivity contribution in [3.05, 3.63) is 18.1 Å². The van der Waals surface area contributed by atoms with E-state index >= 15 is 0 Å². The maximum Gasteiger partial charge on any atom is 0.143 e. The van der Waals surface area contributed by atoms with Gasteiger partial charge in [-0.3, -0.25) is 4.90 Å². The van der Waals surface area contributed by atoms with Crippen LogP contribution in [0, 0.1) is 0 Å². The van der Waals surface area contributed by atoms with Crippen molar-refractivity contribution in [3.8, 4) is 0 Å². The molecule has 4 heterocycles. The third kappa shape index (κ3) is 3.25. The quantitative estimate of drug-likeness (QED) is 0.924. The largest absolute Gasteiger partial charge is 0.354 e. The number of hydrogen-bond acceptors (Lipinski definition) is 5. The molecule has 0 radical (unpaired) electrons. The Labute approximate surface area is 150 Å². The van der Waals surface area contributed by atoms with Crippen LogP contribution in [0.1, 0.15) is 38.9 Å². The molecule has 2 aromatic heterocycles. The van der Waals surface area contributed by atoms with E-state index in [0.29, 0.717) is 12.0 Å². The summed E-state index contributed by atoms with van der Waals surface area (Å²) < 4.78 is 0. The maximum atomic E-state index is 4.93. The Morgan fingerprint density at radius 2 is 1.96 bits per heavy atom. The van der Waals surface area contributed by atoms with E-state index in [1.54, 1.807) is 0 Å². The first-order valence-corrected chi connectivity index (χ1v) is 9.72. The summed E-state index contributed by atoms with van der Waals surface area (Å²) in [5.74, 6) is 2.39. The summed E-state index contributed by atoms with van der Waals surface area (Å²) in [6.07, 6.45) is 3.21. The predicted octanol–water partition coefficient (Wildman–Crippen LogP) is 2.30. The standard InChI is InChI=1S/C19H30N6/c1-4-23-9-11-24(12-10-23)15-6-8-25(13-15)19-16-5-7-20-18(16)21-17(22-19)14(2)3/h5,7,14-15H,4,6,8-13H2,1-3H3,(H,20,21,22). The molecule has 1 atom stereocenters. The van der Waals surface area contributed by atoms with Gasteiger partial charge in [0.15, 0.2) is 0 Å². The van der Waals surface area contributed by atoms with Crippen LogP contribution in [-0.4, -0.2) is 76.6 Å². The zero-order valence-corrected chi connectivity index (χ0v) is 15.7. The van der Waals surface area contributed by atoms with E-state index in [9.17, 15) is 0 Å². The molecule has 2 aliphatic heterocycles. The van der Waals surface area contributed by atoms with Gasteiger partial charge in [-0.25, -0.2) is 9.97 Å². The minimum absolute atomic E-state index is 0.340. The Kier molecular flexibility index (Phi) is 4.65. The molecule has 2 aromatic rings. The molecule has 6 nitrogen and oxygen atoms in total. The number of fused-ring (bicyclic) bond motifs is 1. The second kappa shape index (κ2) is 6.92. The molecule has 136 valence electrons. The van der Waals surface area contributed by atoms with Crippen molar-refractivity contribution < 1.29 is 0 Å². The number of nitrogens with one attached hydrogen (secondary N) is 1. The van der Waals surface area contributed by atoms with E-state index in [1.165, 1.54) is 39.1 Å². The molecule has 6 heteroatoms. The number of nitrogens with zero attached hydrogens (tertiary/aromatic N) is 5. The highest BCUT2D eigenvalue weighted by Gasteiger charge is 2.31. The first kappa shape index (κ1) is 16.8. The smallest absolute Gasteiger partial charge is 0.143 e. The van der Waals surface area contributed by atoms with E-state index in [-0.39, 0.29) is 0 Å². The average Bonchev–Trinajstić information content (AvgIpc) is 3.30. The van der Waals surface area contributed by atoms with Crippen molar-refractivity contribution in [1.29, 1.82) is 0 Å². The zero-order valence-electron chi connectivity index (χ0n) is 15.7. The number of aromatic amines is 1. The van der Waals surface area contributed by atoms with Crippen LogP contribution in [0.25, 0.3) is 11.0 Å². The third-order valence-corrected chi connectivity index (χ3v) is 5.76. The van der Waals surface area contributed by atoms with Crippen LogP contribution in [-0.2, 0) is 0 Å². The van der Waals surface area contributed by atoms with Gasteiger partial charge < -0.3 is 14.8 Å². The maximum absolute atomic E-state index is 4.93. The molecular weight excluding hydrogens is 312 g/mol. The lowest BCUT2D eigenvalue weighted by Crippen LogP contribution is -2.50. The molecule has 4 rings (SSSR count). The number of aromatic nitrogens is 3. The fourth-order valence-corrected chi connectivity index (χ4v) is 4.12. The molecule has 2 aliphatic rings. The molecule has 0 aromatic carbocycles. The molecule has 2 fully saturated rings. The first-order chi connectivity index (χ1) is 12.2. The second-order valence-electron chi connectivity index (χ2n) is 7.66. The van der Waals surface area contributed by atoms with Gasteiger partial charge >= 0.3 is 0 Å². The summed E-state index contributed by atoms with van der Waals surface area (Å²) in [5.41, 5.74) is 0.966. The SMILES string of the molecule is CCN1CCN(C2CCN(c3nc(C(C)C)nc4[nH]ccc34)C2)CC1. The molecule has 0 amide bonds. The van der Waals surface area contributed by atoms with Gasteiger partial charge in [-0.05, 0) is 19.0 Å². The van der Waals surface area contributed by atoms with Crippen molar-refractivity contribution in [2.45, 2.75) is 39.2 Å². The lowest BCUT2D eigenvalue weighted by atomic mass is 10.2. The molecule has 25 heavy (non-hydrogen) atoms. The van der Waals surface area contributed by atoms with Crippen molar-refractivity contribution in [2.75, 3.05) is 50.7 Å². The highest BCUT2D eigenvalue weighted by Crippen LogP contribution is 2.29. The summed E-state index contributed by atoms with van der Waals surface area (Å²) in [6, 6.07) is 2.77. The lowest BCUT2D eigenvalue weighted by Gasteiger charge is -2.37. The van der Waals surface area contributed by atoms with Gasteiger partial charge in [0.2, 0.25) is 0 Å². The van der Waals surface area contributed by atoms with Crippen molar-refractivity contribution in [3.63, 3.8) is 0 Å². The van der Waals surface area contributed by atoms with Crippen LogP contribution >= 0.6 is 0 Å². The fraction of sp³-hybridized carbons (Fsp3) is 0.684. The summed E-state index contributed by atoms with van der Waals surface area (Å²) in [4.78, 5) is 20.6. The molecule has 0 spiro atoms. The van der Waals surface area contributed by atoms with E-state index in [2.05, 4.69) is 51.5 Å². The summed E-state index contributed by atoms with van der Waals surface area (Å²) in [6.45, 7) is 14.8. The summed E-state index contributed by atoms with van der Waals surface area (Å²) in [5, 5.41) is 1.15. The summed E-state index contributed by atoms with van der Waals surface area (Å²) in [7, 11) is 0. The Morgan fingerprint density at radius 1 is 1.16 bits per heavy atom. The van der Waals surface area contributed by atoms with Gasteiger partial charge in [-0.15, -0.1) is 0 Å². The Morgan fingerprint density at radius 3 is 2.68 bits per heavy atom. The molecular formula is C19H30N6. The number of rotatable bonds is 4. The minimum Gasteiger partial charge on any atom is -0.354 e. The predicted molar refractivity (Wildman–Crippen MR) is 102 cm³/mol. The number of hydrogen-bond donors (Lipinski definition) is 1. The van der Waals surface area contributed by atoms with Crippen LogP contribution < -0.4 is 4.90 Å². The normalized spacial score (nSPS) is 23.2. The molecule has 0 bridgehead atoms. The third-order valence-electron chi connectivity index (χ3n) is 5.76. The number of likely N-dealkylation sites (N-methyl/N-ethyl adjacent to an activating group) is 1. The highest BCUT2D eigenvalue weighted by molar-refractivity contribution is 5.87. The molecule has 2 saturated heterocycles. The van der Waals surface area contributed by atoms with E-state index in [1.807, 2.05) is 6.20 Å². The van der Waals surface area contributed by atoms with Crippen LogP contribution in [0.5, 0.6) is 0 Å². The van der Waals surface area contributed by atoms with Gasteiger partial charge in [0.05, 0.1) is 5.39 Å². The van der Waals surface area contributed by atoms with Gasteiger partial charge in [-0.1, -0.05) is 20.8 Å². The average molecular weight is 342 g/mol. The molecule has 0 saturated carbocycles. The highest BCUT2D eigenvalue weighted by atomic mass is 15.3. The van der Waals surface area contributed by atoms with E-state index in [4.69, 9.17) is 4.98 Å². The monoisotopic (exact) mass is 342 g/mol. The molecule has 0 aliphatic carbocycles. The minimum atomic E-state index is 0.340. The van der Waals surface area contributed by atoms with Gasteiger partial charge in [-0.2, -0.15) is 0 Å².